The number of carbonyl (C=O) groups is 1. The van der Waals surface area contributed by atoms with Crippen molar-refractivity contribution in [2.24, 2.45) is 5.92 Å². The lowest BCUT2D eigenvalue weighted by atomic mass is 9.98. The van der Waals surface area contributed by atoms with Gasteiger partial charge in [0.25, 0.3) is 0 Å². The predicted octanol–water partition coefficient (Wildman–Crippen LogP) is 2.79. The van der Waals surface area contributed by atoms with Gasteiger partial charge in [0.1, 0.15) is 0 Å². The molecule has 5 nitrogen and oxygen atoms in total. The zero-order valence-electron chi connectivity index (χ0n) is 14.6. The number of urea groups is 1. The number of nitrogens with one attached hydrogen (secondary N) is 1. The number of hydrogen-bond donors (Lipinski definition) is 2. The Balaban J connectivity index is 1.72. The quantitative estimate of drug-likeness (QED) is 0.867. The summed E-state index contributed by atoms with van der Waals surface area (Å²) >= 11 is 1.68. The van der Waals surface area contributed by atoms with Crippen LogP contribution < -0.4 is 5.32 Å². The minimum absolute atomic E-state index is 0.0737. The smallest absolute Gasteiger partial charge is 0.317 e. The fourth-order valence-corrected chi connectivity index (χ4v) is 3.81. The minimum Gasteiger partial charge on any atom is -0.393 e. The Bertz CT molecular complexity index is 524. The molecular formula is C17H29N3O2S. The second-order valence-corrected chi connectivity index (χ2v) is 8.37. The highest BCUT2D eigenvalue weighted by Gasteiger charge is 2.27. The molecule has 1 heterocycles. The maximum atomic E-state index is 12.1. The van der Waals surface area contributed by atoms with Crippen molar-refractivity contribution in [2.45, 2.75) is 58.0 Å². The average molecular weight is 340 g/mol. The van der Waals surface area contributed by atoms with Gasteiger partial charge in [-0.05, 0) is 12.8 Å². The van der Waals surface area contributed by atoms with E-state index >= 15 is 0 Å². The molecule has 0 unspecified atom stereocenters. The molecule has 2 rings (SSSR count). The van der Waals surface area contributed by atoms with Crippen LogP contribution in [0.5, 0.6) is 0 Å². The first-order valence-corrected chi connectivity index (χ1v) is 9.27. The normalized spacial score (nSPS) is 21.4. The second-order valence-electron chi connectivity index (χ2n) is 7.51. The summed E-state index contributed by atoms with van der Waals surface area (Å²) < 4.78 is 0. The third kappa shape index (κ3) is 5.18. The van der Waals surface area contributed by atoms with E-state index in [1.165, 1.54) is 0 Å². The molecule has 1 saturated carbocycles. The number of thiazole rings is 1. The van der Waals surface area contributed by atoms with Gasteiger partial charge >= 0.3 is 6.03 Å². The first-order valence-electron chi connectivity index (χ1n) is 8.39. The van der Waals surface area contributed by atoms with Gasteiger partial charge in [-0.3, -0.25) is 0 Å². The summed E-state index contributed by atoms with van der Waals surface area (Å²) in [5, 5.41) is 16.0. The minimum atomic E-state index is -0.254. The van der Waals surface area contributed by atoms with Crippen LogP contribution in [0.2, 0.25) is 0 Å². The van der Waals surface area contributed by atoms with Gasteiger partial charge in [-0.15, -0.1) is 11.3 Å². The second kappa shape index (κ2) is 7.62. The van der Waals surface area contributed by atoms with Crippen LogP contribution >= 0.6 is 11.3 Å². The van der Waals surface area contributed by atoms with E-state index in [0.29, 0.717) is 13.1 Å². The summed E-state index contributed by atoms with van der Waals surface area (Å²) in [7, 11) is 1.79. The van der Waals surface area contributed by atoms with Gasteiger partial charge < -0.3 is 15.3 Å². The van der Waals surface area contributed by atoms with Crippen LogP contribution in [-0.2, 0) is 11.8 Å². The van der Waals surface area contributed by atoms with E-state index in [1.54, 1.807) is 23.3 Å². The fourth-order valence-electron chi connectivity index (χ4n) is 2.86. The molecule has 0 spiro atoms. The van der Waals surface area contributed by atoms with Crippen molar-refractivity contribution in [3.05, 3.63) is 16.1 Å². The number of aromatic nitrogens is 1. The maximum Gasteiger partial charge on any atom is 0.317 e. The van der Waals surface area contributed by atoms with Crippen molar-refractivity contribution in [3.8, 4) is 0 Å². The van der Waals surface area contributed by atoms with E-state index in [9.17, 15) is 9.90 Å². The van der Waals surface area contributed by atoms with Gasteiger partial charge in [-0.2, -0.15) is 0 Å². The number of amides is 2. The summed E-state index contributed by atoms with van der Waals surface area (Å²) in [4.78, 5) is 18.4. The van der Waals surface area contributed by atoms with Gasteiger partial charge in [0, 0.05) is 43.3 Å². The largest absolute Gasteiger partial charge is 0.393 e. The number of aliphatic hydroxyl groups excluding tert-OH is 1. The van der Waals surface area contributed by atoms with Crippen molar-refractivity contribution >= 4 is 17.4 Å². The summed E-state index contributed by atoms with van der Waals surface area (Å²) in [6.45, 7) is 7.68. The zero-order valence-corrected chi connectivity index (χ0v) is 15.4. The molecule has 2 atom stereocenters. The fraction of sp³-hybridized carbons (Fsp3) is 0.765. The van der Waals surface area contributed by atoms with E-state index in [4.69, 9.17) is 0 Å². The van der Waals surface area contributed by atoms with Crippen molar-refractivity contribution in [3.63, 3.8) is 0 Å². The first-order chi connectivity index (χ1) is 10.8. The Morgan fingerprint density at radius 3 is 2.78 bits per heavy atom. The third-order valence-corrected chi connectivity index (χ3v) is 5.64. The van der Waals surface area contributed by atoms with Crippen molar-refractivity contribution in [1.29, 1.82) is 0 Å². The van der Waals surface area contributed by atoms with E-state index < -0.39 is 0 Å². The Morgan fingerprint density at radius 2 is 2.22 bits per heavy atom. The van der Waals surface area contributed by atoms with Gasteiger partial charge in [0.05, 0.1) is 16.8 Å². The molecule has 0 saturated heterocycles. The number of rotatable bonds is 5. The lowest BCUT2D eigenvalue weighted by molar-refractivity contribution is 0.114. The summed E-state index contributed by atoms with van der Waals surface area (Å²) in [6, 6.07) is -0.0737. The SMILES string of the molecule is CN(C[C@@H]1CCC[C@@H]1O)C(=O)NCCc1csc(C(C)(C)C)n1. The lowest BCUT2D eigenvalue weighted by Gasteiger charge is -2.23. The van der Waals surface area contributed by atoms with Gasteiger partial charge in [0.15, 0.2) is 0 Å². The highest BCUT2D eigenvalue weighted by Crippen LogP contribution is 2.26. The number of carbonyl (C=O) groups excluding carboxylic acids is 1. The van der Waals surface area contributed by atoms with Gasteiger partial charge in [-0.1, -0.05) is 27.2 Å². The predicted molar refractivity (Wildman–Crippen MR) is 93.9 cm³/mol. The highest BCUT2D eigenvalue weighted by atomic mass is 32.1. The topological polar surface area (TPSA) is 65.5 Å². The Morgan fingerprint density at radius 1 is 1.48 bits per heavy atom. The van der Waals surface area contributed by atoms with Crippen LogP contribution in [0.15, 0.2) is 5.38 Å². The van der Waals surface area contributed by atoms with Crippen LogP contribution in [-0.4, -0.2) is 47.3 Å². The molecule has 1 aromatic rings. The summed E-state index contributed by atoms with van der Waals surface area (Å²) in [5.41, 5.74) is 1.11. The molecule has 0 bridgehead atoms. The molecule has 0 aromatic carbocycles. The van der Waals surface area contributed by atoms with Crippen molar-refractivity contribution in [1.82, 2.24) is 15.2 Å². The van der Waals surface area contributed by atoms with E-state index in [0.717, 1.165) is 36.4 Å². The molecule has 1 aromatic heterocycles. The van der Waals surface area contributed by atoms with Crippen LogP contribution in [0.25, 0.3) is 0 Å². The molecule has 0 aliphatic heterocycles. The molecule has 1 aliphatic rings. The van der Waals surface area contributed by atoms with E-state index in [1.807, 2.05) is 0 Å². The van der Waals surface area contributed by atoms with Crippen molar-refractivity contribution < 1.29 is 9.90 Å². The number of aliphatic hydroxyl groups is 1. The third-order valence-electron chi connectivity index (χ3n) is 4.32. The zero-order chi connectivity index (χ0) is 17.0. The van der Waals surface area contributed by atoms with Crippen LogP contribution in [0.4, 0.5) is 4.79 Å². The van der Waals surface area contributed by atoms with Crippen LogP contribution in [0.1, 0.15) is 50.7 Å². The number of hydrogen-bond acceptors (Lipinski definition) is 4. The van der Waals surface area contributed by atoms with Gasteiger partial charge in [-0.25, -0.2) is 9.78 Å². The average Bonchev–Trinajstić information content (AvgIpc) is 3.08. The number of nitrogens with zero attached hydrogens (tertiary/aromatic N) is 2. The molecule has 1 aliphatic carbocycles. The molecular weight excluding hydrogens is 310 g/mol. The van der Waals surface area contributed by atoms with Crippen LogP contribution in [0, 0.1) is 5.92 Å². The highest BCUT2D eigenvalue weighted by molar-refractivity contribution is 7.09. The standard InChI is InChI=1S/C17H29N3O2S/c1-17(2,3)15-19-13(11-23-15)8-9-18-16(22)20(4)10-12-6-5-7-14(12)21/h11-12,14,21H,5-10H2,1-4H3,(H,18,22)/t12-,14-/m0/s1. The summed E-state index contributed by atoms with van der Waals surface area (Å²) in [6.07, 6.45) is 3.42. The van der Waals surface area contributed by atoms with E-state index in [2.05, 4.69) is 36.5 Å². The van der Waals surface area contributed by atoms with Gasteiger partial charge in [0.2, 0.25) is 0 Å². The summed E-state index contributed by atoms with van der Waals surface area (Å²) in [5.74, 6) is 0.221. The lowest BCUT2D eigenvalue weighted by Crippen LogP contribution is -2.41. The maximum absolute atomic E-state index is 12.1. The Hall–Kier alpha value is -1.14. The van der Waals surface area contributed by atoms with E-state index in [-0.39, 0.29) is 23.5 Å². The Kier molecular flexibility index (Phi) is 6.03. The molecule has 130 valence electrons. The molecule has 2 N–H and O–H groups in total. The monoisotopic (exact) mass is 339 g/mol. The van der Waals surface area contributed by atoms with Crippen molar-refractivity contribution in [2.75, 3.05) is 20.1 Å². The van der Waals surface area contributed by atoms with Crippen LogP contribution in [0.3, 0.4) is 0 Å². The molecule has 0 radical (unpaired) electrons. The Labute approximate surface area is 143 Å². The molecule has 6 heteroatoms. The molecule has 23 heavy (non-hydrogen) atoms. The molecule has 2 amide bonds. The first kappa shape index (κ1) is 18.2. The molecule has 1 fully saturated rings.